The largest absolute Gasteiger partial charge is 0.478 e. The van der Waals surface area contributed by atoms with Gasteiger partial charge in [-0.3, -0.25) is 10.1 Å². The number of anilines is 1. The van der Waals surface area contributed by atoms with Crippen LogP contribution in [0.25, 0.3) is 0 Å². The molecule has 0 bridgehead atoms. The Hall–Kier alpha value is -2.31. The van der Waals surface area contributed by atoms with Crippen molar-refractivity contribution in [3.63, 3.8) is 0 Å². The Kier molecular flexibility index (Phi) is 3.98. The molecule has 0 saturated carbocycles. The maximum absolute atomic E-state index is 11.2. The molecule has 104 valence electrons. The van der Waals surface area contributed by atoms with Crippen molar-refractivity contribution >= 4 is 17.3 Å². The van der Waals surface area contributed by atoms with Gasteiger partial charge in [-0.25, -0.2) is 4.79 Å². The quantitative estimate of drug-likeness (QED) is 0.490. The summed E-state index contributed by atoms with van der Waals surface area (Å²) in [4.78, 5) is 21.3. The number of benzene rings is 1. The molecule has 0 spiro atoms. The lowest BCUT2D eigenvalue weighted by atomic mass is 9.89. The molecular weight excluding hydrogens is 252 g/mol. The number of hydrogen-bond donors (Lipinski definition) is 2. The minimum atomic E-state index is -1.16. The van der Waals surface area contributed by atoms with Gasteiger partial charge in [-0.05, 0) is 6.07 Å². The maximum Gasteiger partial charge on any atom is 0.345 e. The highest BCUT2D eigenvalue weighted by Gasteiger charge is 2.34. The highest BCUT2D eigenvalue weighted by molar-refractivity contribution is 5.75. The highest BCUT2D eigenvalue weighted by atomic mass is 16.6. The van der Waals surface area contributed by atoms with Crippen LogP contribution in [-0.2, 0) is 4.79 Å². The Morgan fingerprint density at radius 2 is 2.05 bits per heavy atom. The highest BCUT2D eigenvalue weighted by Crippen LogP contribution is 2.34. The average molecular weight is 268 g/mol. The van der Waals surface area contributed by atoms with Crippen LogP contribution in [0.5, 0.6) is 5.75 Å². The molecule has 0 aromatic heterocycles. The predicted octanol–water partition coefficient (Wildman–Crippen LogP) is 2.06. The van der Waals surface area contributed by atoms with Gasteiger partial charge in [-0.1, -0.05) is 26.8 Å². The Bertz CT molecular complexity index is 507. The molecular formula is C12H16N2O5. The van der Waals surface area contributed by atoms with Gasteiger partial charge < -0.3 is 15.6 Å². The van der Waals surface area contributed by atoms with Crippen LogP contribution >= 0.6 is 0 Å². The standard InChI is InChI=1S/C12H16N2O5/c1-12(2,3)10(11(15)16)19-8-6-4-5-7(9(8)13)14(17)18/h4-6,10H,13H2,1-3H3,(H,15,16). The molecule has 19 heavy (non-hydrogen) atoms. The number of nitro benzene ring substituents is 1. The van der Waals surface area contributed by atoms with Crippen molar-refractivity contribution in [1.82, 2.24) is 0 Å². The summed E-state index contributed by atoms with van der Waals surface area (Å²) in [7, 11) is 0. The number of carboxylic acids is 1. The number of nitro groups is 1. The normalized spacial score (nSPS) is 12.8. The number of nitrogens with two attached hydrogens (primary N) is 1. The maximum atomic E-state index is 11.2. The summed E-state index contributed by atoms with van der Waals surface area (Å²) in [6, 6.07) is 4.03. The summed E-state index contributed by atoms with van der Waals surface area (Å²) < 4.78 is 5.33. The Labute approximate surface area is 110 Å². The van der Waals surface area contributed by atoms with Crippen molar-refractivity contribution in [1.29, 1.82) is 0 Å². The van der Waals surface area contributed by atoms with Crippen molar-refractivity contribution in [2.45, 2.75) is 26.9 Å². The van der Waals surface area contributed by atoms with E-state index in [1.165, 1.54) is 18.2 Å². The zero-order chi connectivity index (χ0) is 14.8. The third-order valence-corrected chi connectivity index (χ3v) is 2.50. The first kappa shape index (κ1) is 14.7. The lowest BCUT2D eigenvalue weighted by Gasteiger charge is -2.27. The van der Waals surface area contributed by atoms with Gasteiger partial charge >= 0.3 is 5.97 Å². The van der Waals surface area contributed by atoms with Crippen molar-refractivity contribution in [3.05, 3.63) is 28.3 Å². The van der Waals surface area contributed by atoms with Crippen LogP contribution in [0, 0.1) is 15.5 Å². The van der Waals surface area contributed by atoms with Gasteiger partial charge in [0, 0.05) is 11.5 Å². The summed E-state index contributed by atoms with van der Waals surface area (Å²) in [6.07, 6.45) is -1.16. The second kappa shape index (κ2) is 5.13. The van der Waals surface area contributed by atoms with Crippen molar-refractivity contribution in [2.24, 2.45) is 5.41 Å². The molecule has 1 aromatic rings. The van der Waals surface area contributed by atoms with Gasteiger partial charge in [0.2, 0.25) is 0 Å². The molecule has 1 rings (SSSR count). The van der Waals surface area contributed by atoms with Gasteiger partial charge in [0.15, 0.2) is 17.5 Å². The van der Waals surface area contributed by atoms with E-state index in [0.717, 1.165) is 0 Å². The summed E-state index contributed by atoms with van der Waals surface area (Å²) in [5.41, 5.74) is 4.45. The Balaban J connectivity index is 3.15. The number of hydrogen-bond acceptors (Lipinski definition) is 5. The van der Waals surface area contributed by atoms with Crippen LogP contribution in [0.1, 0.15) is 20.8 Å². The number of ether oxygens (including phenoxy) is 1. The van der Waals surface area contributed by atoms with E-state index in [9.17, 15) is 14.9 Å². The number of aliphatic carboxylic acids is 1. The van der Waals surface area contributed by atoms with E-state index < -0.39 is 22.4 Å². The van der Waals surface area contributed by atoms with Gasteiger partial charge in [0.25, 0.3) is 5.69 Å². The van der Waals surface area contributed by atoms with Crippen LogP contribution in [0.3, 0.4) is 0 Å². The molecule has 0 amide bonds. The van der Waals surface area contributed by atoms with Crippen LogP contribution < -0.4 is 10.5 Å². The third kappa shape index (κ3) is 3.34. The summed E-state index contributed by atoms with van der Waals surface area (Å²) in [6.45, 7) is 5.08. The zero-order valence-corrected chi connectivity index (χ0v) is 10.9. The summed E-state index contributed by atoms with van der Waals surface area (Å²) in [5.74, 6) is -1.16. The van der Waals surface area contributed by atoms with Crippen LogP contribution in [0.4, 0.5) is 11.4 Å². The van der Waals surface area contributed by atoms with Crippen LogP contribution in [0.2, 0.25) is 0 Å². The number of para-hydroxylation sites is 1. The van der Waals surface area contributed by atoms with Gasteiger partial charge in [0.05, 0.1) is 4.92 Å². The topological polar surface area (TPSA) is 116 Å². The van der Waals surface area contributed by atoms with Gasteiger partial charge in [-0.15, -0.1) is 0 Å². The molecule has 7 nitrogen and oxygen atoms in total. The van der Waals surface area contributed by atoms with E-state index in [-0.39, 0.29) is 17.1 Å². The molecule has 7 heteroatoms. The minimum Gasteiger partial charge on any atom is -0.478 e. The zero-order valence-electron chi connectivity index (χ0n) is 10.9. The molecule has 1 unspecified atom stereocenters. The predicted molar refractivity (Wildman–Crippen MR) is 69.0 cm³/mol. The van der Waals surface area contributed by atoms with E-state index >= 15 is 0 Å². The summed E-state index contributed by atoms with van der Waals surface area (Å²) in [5, 5.41) is 19.9. The summed E-state index contributed by atoms with van der Waals surface area (Å²) >= 11 is 0. The molecule has 1 aromatic carbocycles. The van der Waals surface area contributed by atoms with E-state index in [0.29, 0.717) is 0 Å². The lowest BCUT2D eigenvalue weighted by molar-refractivity contribution is -0.384. The van der Waals surface area contributed by atoms with Crippen molar-refractivity contribution < 1.29 is 19.6 Å². The minimum absolute atomic E-state index is 0.00322. The lowest BCUT2D eigenvalue weighted by Crippen LogP contribution is -2.39. The monoisotopic (exact) mass is 268 g/mol. The molecule has 0 aliphatic carbocycles. The molecule has 1 atom stereocenters. The average Bonchev–Trinajstić information content (AvgIpc) is 2.24. The van der Waals surface area contributed by atoms with Crippen molar-refractivity contribution in [3.8, 4) is 5.75 Å². The Morgan fingerprint density at radius 1 is 1.47 bits per heavy atom. The number of nitrogens with zero attached hydrogens (tertiary/aromatic N) is 1. The number of carbonyl (C=O) groups is 1. The van der Waals surface area contributed by atoms with E-state index in [1.807, 2.05) is 0 Å². The SMILES string of the molecule is CC(C)(C)C(Oc1cccc([N+](=O)[O-])c1N)C(=O)O. The van der Waals surface area contributed by atoms with E-state index in [1.54, 1.807) is 20.8 Å². The number of carboxylic acid groups (broad SMARTS) is 1. The van der Waals surface area contributed by atoms with Crippen LogP contribution in [0.15, 0.2) is 18.2 Å². The number of rotatable bonds is 4. The van der Waals surface area contributed by atoms with E-state index in [4.69, 9.17) is 15.6 Å². The second-order valence-corrected chi connectivity index (χ2v) is 5.15. The fourth-order valence-corrected chi connectivity index (χ4v) is 1.52. The Morgan fingerprint density at radius 3 is 2.47 bits per heavy atom. The fourth-order valence-electron chi connectivity index (χ4n) is 1.52. The van der Waals surface area contributed by atoms with Gasteiger partial charge in [-0.2, -0.15) is 0 Å². The smallest absolute Gasteiger partial charge is 0.345 e. The molecule has 0 aliphatic rings. The molecule has 0 aliphatic heterocycles. The fraction of sp³-hybridized carbons (Fsp3) is 0.417. The van der Waals surface area contributed by atoms with Crippen molar-refractivity contribution in [2.75, 3.05) is 5.73 Å². The number of nitrogen functional groups attached to an aromatic ring is 1. The van der Waals surface area contributed by atoms with E-state index in [2.05, 4.69) is 0 Å². The molecule has 0 heterocycles. The molecule has 0 fully saturated rings. The van der Waals surface area contributed by atoms with Crippen LogP contribution in [-0.4, -0.2) is 22.1 Å². The first-order valence-corrected chi connectivity index (χ1v) is 5.57. The first-order chi connectivity index (χ1) is 8.64. The molecule has 0 radical (unpaired) electrons. The third-order valence-electron chi connectivity index (χ3n) is 2.50. The molecule has 3 N–H and O–H groups in total. The first-order valence-electron chi connectivity index (χ1n) is 5.57. The van der Waals surface area contributed by atoms with Gasteiger partial charge in [0.1, 0.15) is 0 Å². The molecule has 0 saturated heterocycles. The second-order valence-electron chi connectivity index (χ2n) is 5.15.